The summed E-state index contributed by atoms with van der Waals surface area (Å²) in [4.78, 5) is 3.96. The van der Waals surface area contributed by atoms with Crippen molar-refractivity contribution in [3.05, 3.63) is 48.3 Å². The zero-order valence-electron chi connectivity index (χ0n) is 7.98. The summed E-state index contributed by atoms with van der Waals surface area (Å²) < 4.78 is 0. The minimum Gasteiger partial charge on any atom is -0.265 e. The number of allylic oxidation sites excluding steroid dienone is 3. The van der Waals surface area contributed by atoms with Crippen LogP contribution in [0.15, 0.2) is 42.8 Å². The first kappa shape index (κ1) is 9.72. The van der Waals surface area contributed by atoms with Crippen molar-refractivity contribution in [1.29, 1.82) is 0 Å². The van der Waals surface area contributed by atoms with Gasteiger partial charge >= 0.3 is 0 Å². The first-order valence-electron chi connectivity index (χ1n) is 4.61. The summed E-state index contributed by atoms with van der Waals surface area (Å²) in [5, 5.41) is 0. The predicted octanol–water partition coefficient (Wildman–Crippen LogP) is 3.45. The van der Waals surface area contributed by atoms with E-state index in [0.717, 1.165) is 12.8 Å². The third-order valence-corrected chi connectivity index (χ3v) is 1.75. The van der Waals surface area contributed by atoms with Crippen LogP contribution in [-0.4, -0.2) is 4.98 Å². The minimum atomic E-state index is 1.10. The second-order valence-corrected chi connectivity index (χ2v) is 2.83. The number of rotatable bonds is 4. The summed E-state index contributed by atoms with van der Waals surface area (Å²) in [6, 6.07) is 4.01. The first-order valence-corrected chi connectivity index (χ1v) is 4.61. The van der Waals surface area contributed by atoms with E-state index in [1.165, 1.54) is 5.56 Å². The van der Waals surface area contributed by atoms with Crippen LogP contribution in [0.2, 0.25) is 0 Å². The van der Waals surface area contributed by atoms with Crippen molar-refractivity contribution in [2.45, 2.75) is 19.8 Å². The molecule has 0 unspecified atom stereocenters. The zero-order chi connectivity index (χ0) is 9.36. The molecule has 1 heterocycles. The van der Waals surface area contributed by atoms with Gasteiger partial charge in [-0.05, 0) is 37.5 Å². The highest BCUT2D eigenvalue weighted by Gasteiger charge is 1.81. The lowest BCUT2D eigenvalue weighted by Gasteiger charge is -1.90. The Kier molecular flexibility index (Phi) is 4.62. The van der Waals surface area contributed by atoms with Crippen LogP contribution in [0.25, 0.3) is 6.08 Å². The molecule has 0 fully saturated rings. The van der Waals surface area contributed by atoms with Gasteiger partial charge in [0.2, 0.25) is 0 Å². The Morgan fingerprint density at radius 3 is 2.54 bits per heavy atom. The van der Waals surface area contributed by atoms with E-state index in [0.29, 0.717) is 0 Å². The lowest BCUT2D eigenvalue weighted by Crippen LogP contribution is -1.72. The monoisotopic (exact) mass is 173 g/mol. The molecule has 0 aromatic carbocycles. The van der Waals surface area contributed by atoms with Gasteiger partial charge in [0.25, 0.3) is 0 Å². The molecule has 0 aliphatic heterocycles. The molecule has 1 heteroatoms. The van der Waals surface area contributed by atoms with Crippen LogP contribution in [0.1, 0.15) is 25.3 Å². The largest absolute Gasteiger partial charge is 0.265 e. The quantitative estimate of drug-likeness (QED) is 0.502. The number of pyridine rings is 1. The maximum absolute atomic E-state index is 3.96. The summed E-state index contributed by atoms with van der Waals surface area (Å²) in [6.45, 7) is 2.05. The molecule has 0 N–H and O–H groups in total. The Labute approximate surface area is 79.8 Å². The Hall–Kier alpha value is -1.37. The molecule has 0 amide bonds. The van der Waals surface area contributed by atoms with E-state index in [2.05, 4.69) is 29.3 Å². The summed E-state index contributed by atoms with van der Waals surface area (Å²) >= 11 is 0. The van der Waals surface area contributed by atoms with E-state index in [-0.39, 0.29) is 0 Å². The van der Waals surface area contributed by atoms with Gasteiger partial charge in [0.1, 0.15) is 0 Å². The molecule has 0 atom stereocenters. The molecule has 1 aromatic rings. The van der Waals surface area contributed by atoms with Gasteiger partial charge in [-0.25, -0.2) is 0 Å². The number of aromatic nitrogens is 1. The smallest absolute Gasteiger partial charge is 0.0273 e. The Morgan fingerprint density at radius 1 is 1.15 bits per heavy atom. The fraction of sp³-hybridized carbons (Fsp3) is 0.250. The van der Waals surface area contributed by atoms with Crippen molar-refractivity contribution >= 4 is 6.08 Å². The SMILES string of the molecule is CC=CCCC=Cc1ccncc1. The highest BCUT2D eigenvalue weighted by Crippen LogP contribution is 2.01. The maximum Gasteiger partial charge on any atom is 0.0273 e. The number of hydrogen-bond acceptors (Lipinski definition) is 1. The third-order valence-electron chi connectivity index (χ3n) is 1.75. The minimum absolute atomic E-state index is 1.10. The molecule has 0 spiro atoms. The average Bonchev–Trinajstić information content (AvgIpc) is 2.19. The van der Waals surface area contributed by atoms with Crippen molar-refractivity contribution in [2.24, 2.45) is 0 Å². The van der Waals surface area contributed by atoms with Crippen molar-refractivity contribution < 1.29 is 0 Å². The van der Waals surface area contributed by atoms with Gasteiger partial charge in [-0.2, -0.15) is 0 Å². The van der Waals surface area contributed by atoms with E-state index in [9.17, 15) is 0 Å². The van der Waals surface area contributed by atoms with E-state index < -0.39 is 0 Å². The molecule has 0 saturated carbocycles. The van der Waals surface area contributed by atoms with Crippen LogP contribution in [-0.2, 0) is 0 Å². The van der Waals surface area contributed by atoms with Crippen molar-refractivity contribution in [3.8, 4) is 0 Å². The summed E-state index contributed by atoms with van der Waals surface area (Å²) in [7, 11) is 0. The molecule has 0 aliphatic rings. The van der Waals surface area contributed by atoms with Crippen molar-refractivity contribution in [1.82, 2.24) is 4.98 Å². The molecule has 1 nitrogen and oxygen atoms in total. The normalized spacial score (nSPS) is 11.5. The van der Waals surface area contributed by atoms with Crippen LogP contribution in [0.5, 0.6) is 0 Å². The van der Waals surface area contributed by atoms with E-state index >= 15 is 0 Å². The standard InChI is InChI=1S/C12H15N/c1-2-3-4-5-6-7-12-8-10-13-11-9-12/h2-3,6-11H,4-5H2,1H3. The molecule has 68 valence electrons. The van der Waals surface area contributed by atoms with E-state index in [4.69, 9.17) is 0 Å². The van der Waals surface area contributed by atoms with Gasteiger partial charge in [0.15, 0.2) is 0 Å². The fourth-order valence-electron chi connectivity index (χ4n) is 1.05. The van der Waals surface area contributed by atoms with Crippen LogP contribution in [0.4, 0.5) is 0 Å². The second kappa shape index (κ2) is 6.18. The molecular formula is C12H15N. The molecule has 0 bridgehead atoms. The summed E-state index contributed by atoms with van der Waals surface area (Å²) in [6.07, 6.45) is 14.4. The summed E-state index contributed by atoms with van der Waals surface area (Å²) in [5.74, 6) is 0. The highest BCUT2D eigenvalue weighted by molar-refractivity contribution is 5.47. The van der Waals surface area contributed by atoms with Crippen molar-refractivity contribution in [3.63, 3.8) is 0 Å². The third kappa shape index (κ3) is 4.26. The lowest BCUT2D eigenvalue weighted by atomic mass is 10.2. The molecular weight excluding hydrogens is 158 g/mol. The van der Waals surface area contributed by atoms with Gasteiger partial charge in [0, 0.05) is 12.4 Å². The van der Waals surface area contributed by atoms with Crippen LogP contribution in [0, 0.1) is 0 Å². The van der Waals surface area contributed by atoms with Crippen LogP contribution >= 0.6 is 0 Å². The highest BCUT2D eigenvalue weighted by atomic mass is 14.6. The fourth-order valence-corrected chi connectivity index (χ4v) is 1.05. The zero-order valence-corrected chi connectivity index (χ0v) is 7.98. The first-order chi connectivity index (χ1) is 6.43. The van der Waals surface area contributed by atoms with E-state index in [1.807, 2.05) is 31.5 Å². The molecule has 1 aromatic heterocycles. The van der Waals surface area contributed by atoms with Gasteiger partial charge in [-0.1, -0.05) is 24.3 Å². The van der Waals surface area contributed by atoms with Gasteiger partial charge in [-0.3, -0.25) is 4.98 Å². The second-order valence-electron chi connectivity index (χ2n) is 2.83. The van der Waals surface area contributed by atoms with Crippen LogP contribution in [0.3, 0.4) is 0 Å². The van der Waals surface area contributed by atoms with Gasteiger partial charge in [0.05, 0.1) is 0 Å². The molecule has 0 saturated heterocycles. The Bertz CT molecular complexity index is 272. The van der Waals surface area contributed by atoms with Crippen LogP contribution < -0.4 is 0 Å². The number of hydrogen-bond donors (Lipinski definition) is 0. The topological polar surface area (TPSA) is 12.9 Å². The predicted molar refractivity (Wildman–Crippen MR) is 57.3 cm³/mol. The average molecular weight is 173 g/mol. The van der Waals surface area contributed by atoms with E-state index in [1.54, 1.807) is 0 Å². The Morgan fingerprint density at radius 2 is 1.85 bits per heavy atom. The maximum atomic E-state index is 3.96. The molecule has 13 heavy (non-hydrogen) atoms. The Balaban J connectivity index is 2.32. The number of nitrogens with zero attached hydrogens (tertiary/aromatic N) is 1. The van der Waals surface area contributed by atoms with Crippen molar-refractivity contribution in [2.75, 3.05) is 0 Å². The molecule has 0 radical (unpaired) electrons. The van der Waals surface area contributed by atoms with Gasteiger partial charge < -0.3 is 0 Å². The molecule has 1 rings (SSSR count). The van der Waals surface area contributed by atoms with Gasteiger partial charge in [-0.15, -0.1) is 0 Å². The molecule has 0 aliphatic carbocycles. The number of unbranched alkanes of at least 4 members (excludes halogenated alkanes) is 1. The summed E-state index contributed by atoms with van der Waals surface area (Å²) in [5.41, 5.74) is 1.22. The lowest BCUT2D eigenvalue weighted by molar-refractivity contribution is 1.05.